The highest BCUT2D eigenvalue weighted by Crippen LogP contribution is 2.45. The number of aromatic nitrogens is 2. The molecule has 0 aliphatic carbocycles. The van der Waals surface area contributed by atoms with Crippen LogP contribution in [-0.2, 0) is 10.0 Å². The molecule has 41 heavy (non-hydrogen) atoms. The molecular formula is C31H35N5O3S2. The van der Waals surface area contributed by atoms with Gasteiger partial charge in [0.2, 0.25) is 10.0 Å². The van der Waals surface area contributed by atoms with E-state index < -0.39 is 10.0 Å². The summed E-state index contributed by atoms with van der Waals surface area (Å²) in [4.78, 5) is 6.72. The van der Waals surface area contributed by atoms with E-state index in [1.165, 1.54) is 29.5 Å². The van der Waals surface area contributed by atoms with Crippen molar-refractivity contribution >= 4 is 38.7 Å². The Labute approximate surface area is 247 Å². The van der Waals surface area contributed by atoms with Gasteiger partial charge in [-0.1, -0.05) is 23.8 Å². The minimum atomic E-state index is -3.54. The summed E-state index contributed by atoms with van der Waals surface area (Å²) in [7, 11) is -2.04. The van der Waals surface area contributed by atoms with E-state index in [1.54, 1.807) is 18.3 Å². The second-order valence-electron chi connectivity index (χ2n) is 10.7. The summed E-state index contributed by atoms with van der Waals surface area (Å²) in [5.74, 6) is 0.415. The summed E-state index contributed by atoms with van der Waals surface area (Å²) in [5.41, 5.74) is 10.1. The second kappa shape index (κ2) is 10.8. The Balaban J connectivity index is 1.71. The summed E-state index contributed by atoms with van der Waals surface area (Å²) in [5, 5.41) is 4.03. The van der Waals surface area contributed by atoms with E-state index in [9.17, 15) is 8.42 Å². The third-order valence-electron chi connectivity index (χ3n) is 7.50. The van der Waals surface area contributed by atoms with Crippen LogP contribution >= 0.6 is 12.2 Å². The molecule has 0 unspecified atom stereocenters. The summed E-state index contributed by atoms with van der Waals surface area (Å²) >= 11 is 5.93. The number of benzene rings is 2. The van der Waals surface area contributed by atoms with Gasteiger partial charge in [0.05, 0.1) is 42.5 Å². The molecular weight excluding hydrogens is 555 g/mol. The normalized spacial score (nSPS) is 17.0. The molecule has 1 fully saturated rings. The molecule has 0 bridgehead atoms. The summed E-state index contributed by atoms with van der Waals surface area (Å²) < 4.78 is 34.7. The van der Waals surface area contributed by atoms with Crippen molar-refractivity contribution in [2.75, 3.05) is 23.0 Å². The van der Waals surface area contributed by atoms with Gasteiger partial charge in [-0.2, -0.15) is 0 Å². The molecule has 1 aliphatic rings. The van der Waals surface area contributed by atoms with Crippen LogP contribution in [-0.4, -0.2) is 36.4 Å². The first-order valence-corrected chi connectivity index (χ1v) is 15.6. The fourth-order valence-corrected chi connectivity index (χ4v) is 6.94. The lowest BCUT2D eigenvalue weighted by molar-refractivity contribution is 0.417. The fraction of sp³-hybridized carbons (Fsp3) is 0.290. The standard InChI is InChI=1S/C31H35N5O3S2/c1-18-14-19(2)29(20(3)15-18)35-21(4)16-24(22(35)5)30-28(25-10-8-9-13-32-25)33-31(40)36(30)23-11-12-27(39-6)26(17-23)34-41(7,37)38/h8-17,28,30,34H,1-7H3,(H,33,40)/t28-,30-/m1/s1. The zero-order valence-corrected chi connectivity index (χ0v) is 25.9. The molecule has 2 N–H and O–H groups in total. The van der Waals surface area contributed by atoms with Crippen molar-refractivity contribution in [1.29, 1.82) is 0 Å². The van der Waals surface area contributed by atoms with Crippen molar-refractivity contribution in [3.05, 3.63) is 100 Å². The minimum absolute atomic E-state index is 0.244. The molecule has 2 atom stereocenters. The van der Waals surface area contributed by atoms with Crippen LogP contribution in [0.3, 0.4) is 0 Å². The van der Waals surface area contributed by atoms with Crippen LogP contribution in [0, 0.1) is 34.6 Å². The first kappa shape index (κ1) is 28.6. The van der Waals surface area contributed by atoms with Crippen LogP contribution < -0.4 is 19.7 Å². The Hall–Kier alpha value is -3.89. The van der Waals surface area contributed by atoms with E-state index in [0.717, 1.165) is 34.6 Å². The first-order chi connectivity index (χ1) is 19.4. The molecule has 0 amide bonds. The highest BCUT2D eigenvalue weighted by atomic mass is 32.2. The number of sulfonamides is 1. The molecule has 214 valence electrons. The summed E-state index contributed by atoms with van der Waals surface area (Å²) in [6, 6.07) is 17.4. The highest BCUT2D eigenvalue weighted by Gasteiger charge is 2.42. The zero-order valence-electron chi connectivity index (χ0n) is 24.3. The van der Waals surface area contributed by atoms with Crippen LogP contribution in [0.5, 0.6) is 5.75 Å². The van der Waals surface area contributed by atoms with Gasteiger partial charge >= 0.3 is 0 Å². The fourth-order valence-electron chi connectivity index (χ4n) is 6.03. The van der Waals surface area contributed by atoms with Crippen LogP contribution in [0.25, 0.3) is 5.69 Å². The number of nitrogens with zero attached hydrogens (tertiary/aromatic N) is 3. The van der Waals surface area contributed by atoms with Crippen LogP contribution in [0.1, 0.15) is 51.4 Å². The van der Waals surface area contributed by atoms with Crippen molar-refractivity contribution in [2.24, 2.45) is 0 Å². The van der Waals surface area contributed by atoms with E-state index in [0.29, 0.717) is 16.5 Å². The molecule has 0 spiro atoms. The predicted octanol–water partition coefficient (Wildman–Crippen LogP) is 5.97. The first-order valence-electron chi connectivity index (χ1n) is 13.3. The average molecular weight is 590 g/mol. The Bertz CT molecular complexity index is 1730. The molecule has 1 aliphatic heterocycles. The van der Waals surface area contributed by atoms with E-state index in [2.05, 4.69) is 72.4 Å². The predicted molar refractivity (Wildman–Crippen MR) is 169 cm³/mol. The monoisotopic (exact) mass is 589 g/mol. The van der Waals surface area contributed by atoms with Gasteiger partial charge in [-0.3, -0.25) is 9.71 Å². The molecule has 0 saturated carbocycles. The lowest BCUT2D eigenvalue weighted by Gasteiger charge is -2.29. The summed E-state index contributed by atoms with van der Waals surface area (Å²) in [6.07, 6.45) is 2.90. The number of anilines is 2. The number of ether oxygens (including phenoxy) is 1. The third-order valence-corrected chi connectivity index (χ3v) is 8.41. The molecule has 10 heteroatoms. The van der Waals surface area contributed by atoms with E-state index in [-0.39, 0.29) is 12.1 Å². The van der Waals surface area contributed by atoms with Crippen molar-refractivity contribution in [3.63, 3.8) is 0 Å². The maximum Gasteiger partial charge on any atom is 0.229 e. The lowest BCUT2D eigenvalue weighted by Crippen LogP contribution is -2.29. The summed E-state index contributed by atoms with van der Waals surface area (Å²) in [6.45, 7) is 10.7. The number of methoxy groups -OCH3 is 1. The number of pyridine rings is 1. The maximum atomic E-state index is 12.2. The van der Waals surface area contributed by atoms with Gasteiger partial charge in [-0.05, 0) is 99.9 Å². The van der Waals surface area contributed by atoms with Gasteiger partial charge in [0.15, 0.2) is 5.11 Å². The molecule has 8 nitrogen and oxygen atoms in total. The SMILES string of the molecule is COc1ccc(N2C(=S)N[C@H](c3ccccn3)[C@H]2c2cc(C)n(-c3c(C)cc(C)cc3C)c2C)cc1NS(C)(=O)=O. The Morgan fingerprint density at radius 1 is 1.00 bits per heavy atom. The topological polar surface area (TPSA) is 88.5 Å². The third kappa shape index (κ3) is 5.41. The molecule has 2 aromatic heterocycles. The van der Waals surface area contributed by atoms with E-state index >= 15 is 0 Å². The van der Waals surface area contributed by atoms with E-state index in [4.69, 9.17) is 17.0 Å². The molecule has 3 heterocycles. The smallest absolute Gasteiger partial charge is 0.229 e. The largest absolute Gasteiger partial charge is 0.495 e. The van der Waals surface area contributed by atoms with Crippen molar-refractivity contribution in [1.82, 2.24) is 14.9 Å². The zero-order chi connectivity index (χ0) is 29.6. The number of nitrogens with one attached hydrogen (secondary N) is 2. The van der Waals surface area contributed by atoms with E-state index in [1.807, 2.05) is 29.2 Å². The van der Waals surface area contributed by atoms with Crippen molar-refractivity contribution in [3.8, 4) is 11.4 Å². The van der Waals surface area contributed by atoms with Gasteiger partial charge in [0.25, 0.3) is 0 Å². The average Bonchev–Trinajstić information content (AvgIpc) is 3.38. The second-order valence-corrected chi connectivity index (χ2v) is 12.8. The Morgan fingerprint density at radius 2 is 1.71 bits per heavy atom. The quantitative estimate of drug-likeness (QED) is 0.257. The lowest BCUT2D eigenvalue weighted by atomic mass is 9.96. The molecule has 2 aromatic carbocycles. The minimum Gasteiger partial charge on any atom is -0.495 e. The number of rotatable bonds is 7. The molecule has 0 radical (unpaired) electrons. The van der Waals surface area contributed by atoms with Gasteiger partial charge in [-0.15, -0.1) is 0 Å². The Morgan fingerprint density at radius 3 is 2.32 bits per heavy atom. The van der Waals surface area contributed by atoms with Gasteiger partial charge in [0, 0.05) is 23.3 Å². The Kier molecular flexibility index (Phi) is 7.56. The van der Waals surface area contributed by atoms with Crippen molar-refractivity contribution in [2.45, 2.75) is 46.7 Å². The highest BCUT2D eigenvalue weighted by molar-refractivity contribution is 7.92. The number of hydrogen-bond donors (Lipinski definition) is 2. The number of hydrogen-bond acceptors (Lipinski definition) is 5. The molecule has 1 saturated heterocycles. The molecule has 5 rings (SSSR count). The van der Waals surface area contributed by atoms with Crippen LogP contribution in [0.15, 0.2) is 60.8 Å². The van der Waals surface area contributed by atoms with Crippen LogP contribution in [0.2, 0.25) is 0 Å². The van der Waals surface area contributed by atoms with Gasteiger partial charge < -0.3 is 19.5 Å². The van der Waals surface area contributed by atoms with Gasteiger partial charge in [-0.25, -0.2) is 8.42 Å². The van der Waals surface area contributed by atoms with Crippen LogP contribution in [0.4, 0.5) is 11.4 Å². The van der Waals surface area contributed by atoms with Crippen molar-refractivity contribution < 1.29 is 13.2 Å². The van der Waals surface area contributed by atoms with Gasteiger partial charge in [0.1, 0.15) is 5.75 Å². The number of aryl methyl sites for hydroxylation is 4. The number of thiocarbonyl (C=S) groups is 1. The molecule has 4 aromatic rings. The maximum absolute atomic E-state index is 12.2.